The summed E-state index contributed by atoms with van der Waals surface area (Å²) in [4.78, 5) is 6.53. The summed E-state index contributed by atoms with van der Waals surface area (Å²) in [5, 5.41) is 9.42. The van der Waals surface area contributed by atoms with Crippen molar-refractivity contribution in [3.8, 4) is 0 Å². The molecule has 2 aliphatic rings. The average molecular weight is 178 g/mol. The molecular formula is C10H14N2O. The van der Waals surface area contributed by atoms with Gasteiger partial charge in [-0.05, 0) is 12.5 Å². The number of hydrogen-bond donors (Lipinski definition) is 1. The Morgan fingerprint density at radius 2 is 2.38 bits per heavy atom. The van der Waals surface area contributed by atoms with E-state index < -0.39 is 0 Å². The Morgan fingerprint density at radius 1 is 1.62 bits per heavy atom. The van der Waals surface area contributed by atoms with Crippen LogP contribution in [0.25, 0.3) is 0 Å². The first kappa shape index (κ1) is 8.51. The lowest BCUT2D eigenvalue weighted by Gasteiger charge is -2.18. The molecule has 0 aromatic heterocycles. The Labute approximate surface area is 78.1 Å². The first-order valence-corrected chi connectivity index (χ1v) is 4.62. The van der Waals surface area contributed by atoms with Gasteiger partial charge in [-0.3, -0.25) is 9.89 Å². The molecular weight excluding hydrogens is 164 g/mol. The van der Waals surface area contributed by atoms with E-state index >= 15 is 0 Å². The molecule has 0 radical (unpaired) electrons. The van der Waals surface area contributed by atoms with Gasteiger partial charge in [-0.15, -0.1) is 0 Å². The average Bonchev–Trinajstić information content (AvgIpc) is 2.90. The number of aliphatic imine (C=N–C) groups is 1. The highest BCUT2D eigenvalue weighted by Gasteiger charge is 2.32. The van der Waals surface area contributed by atoms with Crippen molar-refractivity contribution in [3.05, 3.63) is 24.5 Å². The van der Waals surface area contributed by atoms with Crippen LogP contribution in [0.1, 0.15) is 6.42 Å². The van der Waals surface area contributed by atoms with Crippen molar-refractivity contribution in [1.29, 1.82) is 0 Å². The van der Waals surface area contributed by atoms with E-state index in [4.69, 9.17) is 0 Å². The molecule has 2 heterocycles. The van der Waals surface area contributed by atoms with Crippen LogP contribution in [0.3, 0.4) is 0 Å². The van der Waals surface area contributed by atoms with Gasteiger partial charge in [0.15, 0.2) is 0 Å². The maximum atomic E-state index is 9.42. The zero-order chi connectivity index (χ0) is 9.26. The first-order valence-electron chi connectivity index (χ1n) is 4.62. The Hall–Kier alpha value is -1.09. The molecule has 2 aliphatic heterocycles. The monoisotopic (exact) mass is 178 g/mol. The lowest BCUT2D eigenvalue weighted by atomic mass is 10.1. The van der Waals surface area contributed by atoms with Crippen LogP contribution in [0.4, 0.5) is 0 Å². The van der Waals surface area contributed by atoms with Gasteiger partial charge in [-0.1, -0.05) is 12.7 Å². The molecule has 3 heteroatoms. The molecule has 1 unspecified atom stereocenters. The molecule has 1 saturated heterocycles. The van der Waals surface area contributed by atoms with E-state index in [9.17, 15) is 5.11 Å². The Balaban J connectivity index is 2.14. The molecule has 0 aromatic rings. The van der Waals surface area contributed by atoms with Crippen molar-refractivity contribution >= 4 is 5.71 Å². The third-order valence-corrected chi connectivity index (χ3v) is 2.32. The van der Waals surface area contributed by atoms with Gasteiger partial charge in [0.2, 0.25) is 0 Å². The number of rotatable bonds is 3. The van der Waals surface area contributed by atoms with Crippen molar-refractivity contribution in [2.24, 2.45) is 4.99 Å². The van der Waals surface area contributed by atoms with E-state index in [0.717, 1.165) is 31.8 Å². The van der Waals surface area contributed by atoms with Crippen molar-refractivity contribution < 1.29 is 5.11 Å². The van der Waals surface area contributed by atoms with Gasteiger partial charge in [-0.2, -0.15) is 0 Å². The molecule has 3 nitrogen and oxygen atoms in total. The van der Waals surface area contributed by atoms with Crippen LogP contribution in [-0.2, 0) is 0 Å². The molecule has 1 atom stereocenters. The maximum Gasteiger partial charge on any atom is 0.109 e. The Bertz CT molecular complexity index is 277. The van der Waals surface area contributed by atoms with E-state index in [1.807, 2.05) is 6.08 Å². The van der Waals surface area contributed by atoms with Gasteiger partial charge in [0, 0.05) is 19.6 Å². The molecule has 0 bridgehead atoms. The predicted octanol–water partition coefficient (Wildman–Crippen LogP) is 1.14. The summed E-state index contributed by atoms with van der Waals surface area (Å²) in [6, 6.07) is -0.0588. The van der Waals surface area contributed by atoms with E-state index in [2.05, 4.69) is 22.5 Å². The molecule has 0 amide bonds. The van der Waals surface area contributed by atoms with E-state index in [1.165, 1.54) is 0 Å². The molecule has 1 N–H and O–H groups in total. The van der Waals surface area contributed by atoms with Crippen molar-refractivity contribution in [2.75, 3.05) is 19.6 Å². The number of hydrogen-bond acceptors (Lipinski definition) is 3. The van der Waals surface area contributed by atoms with Gasteiger partial charge >= 0.3 is 0 Å². The smallest absolute Gasteiger partial charge is 0.109 e. The summed E-state index contributed by atoms with van der Waals surface area (Å²) in [7, 11) is 0. The van der Waals surface area contributed by atoms with E-state index in [-0.39, 0.29) is 11.8 Å². The van der Waals surface area contributed by atoms with Gasteiger partial charge in [0.25, 0.3) is 0 Å². The van der Waals surface area contributed by atoms with Gasteiger partial charge < -0.3 is 5.11 Å². The van der Waals surface area contributed by atoms with Crippen LogP contribution < -0.4 is 0 Å². The molecule has 0 saturated carbocycles. The highest BCUT2D eigenvalue weighted by molar-refractivity contribution is 6.01. The van der Waals surface area contributed by atoms with Crippen LogP contribution >= 0.6 is 0 Å². The standard InChI is InChI=1S/C10H14N2O/c1-8(13)10(12-6-7-12)9-4-2-3-5-11-9/h2,4,10,13H,1,3,5-7H2. The van der Waals surface area contributed by atoms with Crippen molar-refractivity contribution in [3.63, 3.8) is 0 Å². The lowest BCUT2D eigenvalue weighted by molar-refractivity contribution is 0.340. The summed E-state index contributed by atoms with van der Waals surface area (Å²) in [5.74, 6) is 0.211. The predicted molar refractivity (Wildman–Crippen MR) is 53.2 cm³/mol. The fourth-order valence-electron chi connectivity index (χ4n) is 1.59. The third kappa shape index (κ3) is 1.80. The minimum atomic E-state index is -0.0588. The number of dihydropyridines is 1. The number of aliphatic hydroxyl groups is 1. The Kier molecular flexibility index (Phi) is 2.19. The summed E-state index contributed by atoms with van der Waals surface area (Å²) in [5.41, 5.74) is 0.955. The van der Waals surface area contributed by atoms with Crippen molar-refractivity contribution in [2.45, 2.75) is 12.5 Å². The maximum absolute atomic E-state index is 9.42. The van der Waals surface area contributed by atoms with Gasteiger partial charge in [-0.25, -0.2) is 0 Å². The van der Waals surface area contributed by atoms with Crippen molar-refractivity contribution in [1.82, 2.24) is 4.90 Å². The zero-order valence-corrected chi connectivity index (χ0v) is 7.61. The third-order valence-electron chi connectivity index (χ3n) is 2.32. The topological polar surface area (TPSA) is 35.6 Å². The van der Waals surface area contributed by atoms with Crippen LogP contribution in [-0.4, -0.2) is 41.4 Å². The molecule has 2 rings (SSSR count). The quantitative estimate of drug-likeness (QED) is 0.519. The second kappa shape index (κ2) is 3.34. The fraction of sp³-hybridized carbons (Fsp3) is 0.500. The SMILES string of the molecule is C=C(O)C(C1=NCCC=C1)N1CC1. The molecule has 13 heavy (non-hydrogen) atoms. The summed E-state index contributed by atoms with van der Waals surface area (Å²) < 4.78 is 0. The van der Waals surface area contributed by atoms with E-state index in [0.29, 0.717) is 0 Å². The molecule has 0 aromatic carbocycles. The minimum Gasteiger partial charge on any atom is -0.511 e. The highest BCUT2D eigenvalue weighted by atomic mass is 16.3. The number of nitrogens with zero attached hydrogens (tertiary/aromatic N) is 2. The van der Waals surface area contributed by atoms with Crippen LogP contribution in [0.15, 0.2) is 29.5 Å². The molecule has 70 valence electrons. The summed E-state index contributed by atoms with van der Waals surface area (Å²) in [6.45, 7) is 6.51. The normalized spacial score (nSPS) is 23.8. The zero-order valence-electron chi connectivity index (χ0n) is 7.61. The Morgan fingerprint density at radius 3 is 2.85 bits per heavy atom. The van der Waals surface area contributed by atoms with Crippen LogP contribution in [0.5, 0.6) is 0 Å². The molecule has 0 aliphatic carbocycles. The fourth-order valence-corrected chi connectivity index (χ4v) is 1.59. The lowest BCUT2D eigenvalue weighted by Crippen LogP contribution is -2.30. The minimum absolute atomic E-state index is 0.0588. The highest BCUT2D eigenvalue weighted by Crippen LogP contribution is 2.19. The largest absolute Gasteiger partial charge is 0.511 e. The second-order valence-corrected chi connectivity index (χ2v) is 3.43. The van der Waals surface area contributed by atoms with E-state index in [1.54, 1.807) is 0 Å². The number of aliphatic hydroxyl groups excluding tert-OH is 1. The summed E-state index contributed by atoms with van der Waals surface area (Å²) in [6.07, 6.45) is 5.10. The second-order valence-electron chi connectivity index (χ2n) is 3.43. The molecule has 0 spiro atoms. The molecule has 1 fully saturated rings. The van der Waals surface area contributed by atoms with Gasteiger partial charge in [0.1, 0.15) is 11.8 Å². The van der Waals surface area contributed by atoms with Crippen LogP contribution in [0, 0.1) is 0 Å². The first-order chi connectivity index (χ1) is 6.29. The summed E-state index contributed by atoms with van der Waals surface area (Å²) >= 11 is 0. The van der Waals surface area contributed by atoms with Gasteiger partial charge in [0.05, 0.1) is 5.71 Å². The van der Waals surface area contributed by atoms with Crippen LogP contribution in [0.2, 0.25) is 0 Å².